The van der Waals surface area contributed by atoms with E-state index in [0.717, 1.165) is 57.8 Å². The molecule has 0 aromatic carbocycles. The molecule has 0 radical (unpaired) electrons. The number of ether oxygens (including phenoxy) is 6. The maximum atomic E-state index is 13.4. The van der Waals surface area contributed by atoms with E-state index in [-0.39, 0.29) is 18.9 Å². The van der Waals surface area contributed by atoms with Gasteiger partial charge in [0.1, 0.15) is 73.2 Å². The molecule has 0 aliphatic carbocycles. The average molecular weight is 1340 g/mol. The smallest absolute Gasteiger partial charge is 0.220 e. The van der Waals surface area contributed by atoms with E-state index in [1.165, 1.54) is 199 Å². The van der Waals surface area contributed by atoms with Crippen LogP contribution in [0, 0.1) is 0 Å². The second kappa shape index (κ2) is 56.5. The predicted molar refractivity (Wildman–Crippen MR) is 369 cm³/mol. The molecule has 17 atom stereocenters. The molecule has 1 amide bonds. The number of unbranched alkanes of at least 4 members (excludes halogenated alkanes) is 37. The van der Waals surface area contributed by atoms with Crippen LogP contribution in [0.2, 0.25) is 0 Å². The van der Waals surface area contributed by atoms with Crippen molar-refractivity contribution >= 4 is 5.91 Å². The summed E-state index contributed by atoms with van der Waals surface area (Å²) in [6.45, 7) is 1.72. The Balaban J connectivity index is 1.41. The number of nitrogens with one attached hydrogen (secondary N) is 1. The third-order valence-corrected chi connectivity index (χ3v) is 18.8. The Morgan fingerprint density at radius 2 is 0.713 bits per heavy atom. The van der Waals surface area contributed by atoms with Crippen molar-refractivity contribution in [2.45, 2.75) is 394 Å². The molecule has 0 spiro atoms. The van der Waals surface area contributed by atoms with Crippen LogP contribution in [0.1, 0.15) is 290 Å². The summed E-state index contributed by atoms with van der Waals surface area (Å²) in [7, 11) is 0. The summed E-state index contributed by atoms with van der Waals surface area (Å²) in [6, 6.07) is -0.995. The summed E-state index contributed by atoms with van der Waals surface area (Å²) in [6.07, 6.45) is 42.4. The molecule has 3 fully saturated rings. The van der Waals surface area contributed by atoms with Crippen LogP contribution in [0.4, 0.5) is 0 Å². The van der Waals surface area contributed by atoms with Gasteiger partial charge in [0.25, 0.3) is 0 Å². The predicted octanol–water partition coefficient (Wildman–Crippen LogP) is 11.3. The molecule has 3 saturated heterocycles. The van der Waals surface area contributed by atoms with E-state index in [2.05, 4.69) is 55.6 Å². The van der Waals surface area contributed by atoms with E-state index in [9.17, 15) is 61.0 Å². The zero-order chi connectivity index (χ0) is 68.2. The van der Waals surface area contributed by atoms with E-state index in [0.29, 0.717) is 12.8 Å². The molecule has 12 N–H and O–H groups in total. The fourth-order valence-corrected chi connectivity index (χ4v) is 12.7. The molecular formula is C75H137NO18. The number of rotatable bonds is 59. The van der Waals surface area contributed by atoms with Crippen molar-refractivity contribution in [1.82, 2.24) is 5.32 Å². The van der Waals surface area contributed by atoms with Gasteiger partial charge in [0.2, 0.25) is 5.91 Å². The number of aliphatic hydroxyl groups excluding tert-OH is 11. The van der Waals surface area contributed by atoms with Gasteiger partial charge in [-0.3, -0.25) is 4.79 Å². The van der Waals surface area contributed by atoms with Gasteiger partial charge in [-0.2, -0.15) is 0 Å². The topological polar surface area (TPSA) is 307 Å². The zero-order valence-corrected chi connectivity index (χ0v) is 58.4. The molecule has 0 aromatic heterocycles. The second-order valence-corrected chi connectivity index (χ2v) is 27.1. The summed E-state index contributed by atoms with van der Waals surface area (Å²) >= 11 is 0. The van der Waals surface area contributed by atoms with E-state index >= 15 is 0 Å². The Kier molecular flexibility index (Phi) is 51.7. The summed E-state index contributed by atoms with van der Waals surface area (Å²) in [5, 5.41) is 121. The van der Waals surface area contributed by atoms with Crippen molar-refractivity contribution in [3.05, 3.63) is 48.6 Å². The van der Waals surface area contributed by atoms with Gasteiger partial charge in [0.05, 0.1) is 38.6 Å². The molecule has 0 bridgehead atoms. The number of carbonyl (C=O) groups excluding carboxylic acids is 1. The van der Waals surface area contributed by atoms with Gasteiger partial charge in [-0.25, -0.2) is 0 Å². The van der Waals surface area contributed by atoms with Gasteiger partial charge in [-0.05, 0) is 64.2 Å². The fraction of sp³-hybridized carbons (Fsp3) is 0.880. The molecule has 550 valence electrons. The Hall–Kier alpha value is -2.25. The summed E-state index contributed by atoms with van der Waals surface area (Å²) in [4.78, 5) is 13.4. The van der Waals surface area contributed by atoms with Crippen molar-refractivity contribution in [1.29, 1.82) is 0 Å². The standard InChI is InChI=1S/C75H137NO18/c1-3-5-7-9-11-13-15-17-19-21-23-24-25-26-27-28-29-30-31-32-33-35-36-38-40-42-44-46-48-50-52-59(80)58(76-63(81)53-51-49-47-45-43-41-39-37-34-22-20-18-16-14-12-10-8-6-4-2)57-89-73-69(87)66(84)71(61(55-78)91-73)94-75-70(88)67(85)72(62(56-79)92-75)93-74-68(86)65(83)64(82)60(54-77)90-74/h12,14,18,20,42,44,50,52,58-62,64-75,77-80,82-88H,3-11,13,15-17,19,21-41,43,45-49,51,53-57H2,1-2H3,(H,76,81)/b14-12-,20-18-,44-42+,52-50+. The maximum Gasteiger partial charge on any atom is 0.220 e. The number of hydrogen-bond acceptors (Lipinski definition) is 18. The lowest BCUT2D eigenvalue weighted by Crippen LogP contribution is -2.66. The largest absolute Gasteiger partial charge is 0.394 e. The molecular weight excluding hydrogens is 1200 g/mol. The summed E-state index contributed by atoms with van der Waals surface area (Å²) < 4.78 is 34.4. The lowest BCUT2D eigenvalue weighted by atomic mass is 9.96. The van der Waals surface area contributed by atoms with Crippen LogP contribution in [-0.4, -0.2) is 193 Å². The first-order chi connectivity index (χ1) is 45.8. The molecule has 3 aliphatic heterocycles. The molecule has 19 heteroatoms. The number of aliphatic hydroxyl groups is 11. The van der Waals surface area contributed by atoms with Crippen LogP contribution in [-0.2, 0) is 33.2 Å². The van der Waals surface area contributed by atoms with Gasteiger partial charge in [0, 0.05) is 6.42 Å². The zero-order valence-electron chi connectivity index (χ0n) is 58.4. The van der Waals surface area contributed by atoms with Crippen molar-refractivity contribution < 1.29 is 89.4 Å². The molecule has 3 rings (SSSR count). The van der Waals surface area contributed by atoms with Crippen LogP contribution >= 0.6 is 0 Å². The van der Waals surface area contributed by atoms with Crippen LogP contribution < -0.4 is 5.32 Å². The van der Waals surface area contributed by atoms with Crippen LogP contribution in [0.15, 0.2) is 48.6 Å². The van der Waals surface area contributed by atoms with E-state index < -0.39 is 124 Å². The Labute approximate surface area is 567 Å². The normalized spacial score (nSPS) is 27.6. The highest BCUT2D eigenvalue weighted by molar-refractivity contribution is 5.76. The Bertz CT molecular complexity index is 1890. The SMILES string of the molecule is CCCCC/C=C\C/C=C\CCCCCCCCCCCC(=O)NC(COC1OC(CO)C(OC2OC(CO)C(OC3OC(CO)C(O)C(O)C3O)C(O)C2O)C(O)C1O)C(O)/C=C/CC/C=C/CCCCCCCCCCCCCCCCCCCCCCCCCC. The second-order valence-electron chi connectivity index (χ2n) is 27.1. The first-order valence-corrected chi connectivity index (χ1v) is 37.9. The number of hydrogen-bond donors (Lipinski definition) is 12. The van der Waals surface area contributed by atoms with Gasteiger partial charge < -0.3 is 89.9 Å². The summed E-state index contributed by atoms with van der Waals surface area (Å²) in [5.74, 6) is -0.288. The molecule has 94 heavy (non-hydrogen) atoms. The van der Waals surface area contributed by atoms with Crippen LogP contribution in [0.3, 0.4) is 0 Å². The molecule has 19 nitrogen and oxygen atoms in total. The Morgan fingerprint density at radius 1 is 0.383 bits per heavy atom. The first-order valence-electron chi connectivity index (χ1n) is 37.9. The average Bonchev–Trinajstić information content (AvgIpc) is 0.787. The van der Waals surface area contributed by atoms with Crippen molar-refractivity contribution in [3.8, 4) is 0 Å². The van der Waals surface area contributed by atoms with Crippen LogP contribution in [0.5, 0.6) is 0 Å². The monoisotopic (exact) mass is 1340 g/mol. The molecule has 0 saturated carbocycles. The third-order valence-electron chi connectivity index (χ3n) is 18.8. The number of carbonyl (C=O) groups is 1. The number of amides is 1. The van der Waals surface area contributed by atoms with E-state index in [4.69, 9.17) is 28.4 Å². The van der Waals surface area contributed by atoms with Crippen molar-refractivity contribution in [3.63, 3.8) is 0 Å². The van der Waals surface area contributed by atoms with Crippen molar-refractivity contribution in [2.75, 3.05) is 26.4 Å². The lowest BCUT2D eigenvalue weighted by Gasteiger charge is -2.48. The molecule has 17 unspecified atom stereocenters. The first kappa shape index (κ1) is 86.0. The minimum Gasteiger partial charge on any atom is -0.394 e. The third kappa shape index (κ3) is 37.3. The fourth-order valence-electron chi connectivity index (χ4n) is 12.7. The maximum absolute atomic E-state index is 13.4. The summed E-state index contributed by atoms with van der Waals surface area (Å²) in [5.41, 5.74) is 0. The molecule has 3 heterocycles. The quantitative estimate of drug-likeness (QED) is 0.0199. The molecule has 3 aliphatic rings. The Morgan fingerprint density at radius 3 is 1.15 bits per heavy atom. The van der Waals surface area contributed by atoms with Gasteiger partial charge >= 0.3 is 0 Å². The van der Waals surface area contributed by atoms with E-state index in [1.807, 2.05) is 6.08 Å². The molecule has 0 aromatic rings. The van der Waals surface area contributed by atoms with Crippen LogP contribution in [0.25, 0.3) is 0 Å². The van der Waals surface area contributed by atoms with E-state index in [1.54, 1.807) is 6.08 Å². The minimum absolute atomic E-state index is 0.230. The highest BCUT2D eigenvalue weighted by Crippen LogP contribution is 2.33. The van der Waals surface area contributed by atoms with Gasteiger partial charge in [0.15, 0.2) is 18.9 Å². The number of allylic oxidation sites excluding steroid dienone is 7. The lowest BCUT2D eigenvalue weighted by molar-refractivity contribution is -0.379. The highest BCUT2D eigenvalue weighted by Gasteiger charge is 2.53. The van der Waals surface area contributed by atoms with Crippen molar-refractivity contribution in [2.24, 2.45) is 0 Å². The highest BCUT2D eigenvalue weighted by atomic mass is 16.8. The minimum atomic E-state index is -1.98. The van der Waals surface area contributed by atoms with Gasteiger partial charge in [-0.15, -0.1) is 0 Å². The van der Waals surface area contributed by atoms with Gasteiger partial charge in [-0.1, -0.05) is 268 Å².